The number of amides is 1. The van der Waals surface area contributed by atoms with Gasteiger partial charge in [-0.2, -0.15) is 0 Å². The molecule has 1 amide bonds. The zero-order valence-electron chi connectivity index (χ0n) is 17.6. The minimum absolute atomic E-state index is 0.152. The highest BCUT2D eigenvalue weighted by atomic mass is 16.5. The van der Waals surface area contributed by atoms with Gasteiger partial charge in [-0.1, -0.05) is 24.4 Å². The molecule has 7 nitrogen and oxygen atoms in total. The first-order valence-corrected chi connectivity index (χ1v) is 10.2. The summed E-state index contributed by atoms with van der Waals surface area (Å²) in [6, 6.07) is 5.53. The van der Waals surface area contributed by atoms with E-state index in [0.29, 0.717) is 34.9 Å². The summed E-state index contributed by atoms with van der Waals surface area (Å²) >= 11 is 0. The number of carbonyl (C=O) groups excluding carboxylic acids is 1. The molecular formula is C22H30N2O5. The number of methoxy groups -OCH3 is 2. The first-order valence-electron chi connectivity index (χ1n) is 10.2. The summed E-state index contributed by atoms with van der Waals surface area (Å²) in [5, 5.41) is 14.4. The van der Waals surface area contributed by atoms with Crippen LogP contribution in [0.15, 0.2) is 22.7 Å². The number of aliphatic hydroxyl groups is 1. The average Bonchev–Trinajstić information content (AvgIpc) is 3.20. The maximum Gasteiger partial charge on any atom is 0.260 e. The van der Waals surface area contributed by atoms with Crippen molar-refractivity contribution in [1.29, 1.82) is 0 Å². The molecule has 1 aliphatic rings. The van der Waals surface area contributed by atoms with Crippen LogP contribution >= 0.6 is 0 Å². The Morgan fingerprint density at radius 3 is 2.52 bits per heavy atom. The first-order chi connectivity index (χ1) is 14.0. The number of benzene rings is 1. The molecule has 0 radical (unpaired) electrons. The number of nitrogens with zero attached hydrogens (tertiary/aromatic N) is 2. The maximum atomic E-state index is 13.6. The van der Waals surface area contributed by atoms with E-state index in [1.54, 1.807) is 39.3 Å². The Bertz CT molecular complexity index is 840. The molecule has 1 atom stereocenters. The van der Waals surface area contributed by atoms with Crippen molar-refractivity contribution in [3.05, 3.63) is 29.5 Å². The number of rotatable bonds is 7. The van der Waals surface area contributed by atoms with E-state index >= 15 is 0 Å². The number of hydrogen-bond acceptors (Lipinski definition) is 6. The van der Waals surface area contributed by atoms with Gasteiger partial charge in [-0.25, -0.2) is 0 Å². The standard InChI is InChI=1S/C22H30N2O5/c1-5-24(16-9-7-6-8-10-16)22(26)19-20(23-29-21(19)14(2)25)15-11-12-17(27-3)18(13-15)28-4/h11-14,16,25H,5-10H2,1-4H3. The van der Waals surface area contributed by atoms with Crippen LogP contribution in [0, 0.1) is 0 Å². The van der Waals surface area contributed by atoms with Gasteiger partial charge >= 0.3 is 0 Å². The highest BCUT2D eigenvalue weighted by Crippen LogP contribution is 2.36. The van der Waals surface area contributed by atoms with Crippen molar-refractivity contribution in [2.24, 2.45) is 0 Å². The van der Waals surface area contributed by atoms with Gasteiger partial charge in [-0.05, 0) is 44.9 Å². The van der Waals surface area contributed by atoms with Gasteiger partial charge in [0.25, 0.3) is 5.91 Å². The normalized spacial score (nSPS) is 15.8. The summed E-state index contributed by atoms with van der Waals surface area (Å²) in [6.45, 7) is 4.16. The van der Waals surface area contributed by atoms with E-state index < -0.39 is 6.10 Å². The van der Waals surface area contributed by atoms with Crippen LogP contribution in [0.25, 0.3) is 11.3 Å². The summed E-state index contributed by atoms with van der Waals surface area (Å²) in [4.78, 5) is 15.5. The Morgan fingerprint density at radius 2 is 1.93 bits per heavy atom. The van der Waals surface area contributed by atoms with Crippen molar-refractivity contribution in [3.63, 3.8) is 0 Å². The largest absolute Gasteiger partial charge is 0.493 e. The fourth-order valence-corrected chi connectivity index (χ4v) is 4.08. The third kappa shape index (κ3) is 4.24. The van der Waals surface area contributed by atoms with Gasteiger partial charge < -0.3 is 24.0 Å². The molecule has 3 rings (SSSR count). The van der Waals surface area contributed by atoms with E-state index in [9.17, 15) is 9.90 Å². The molecule has 7 heteroatoms. The lowest BCUT2D eigenvalue weighted by Gasteiger charge is -2.33. The SMILES string of the molecule is CCN(C(=O)c1c(-c2ccc(OC)c(OC)c2)noc1C(C)O)C1CCCCC1. The Hall–Kier alpha value is -2.54. The van der Waals surface area contributed by atoms with Crippen LogP contribution in [0.2, 0.25) is 0 Å². The molecule has 2 aromatic rings. The van der Waals surface area contributed by atoms with Crippen LogP contribution in [0.4, 0.5) is 0 Å². The Kier molecular flexibility index (Phi) is 6.79. The molecule has 0 spiro atoms. The minimum atomic E-state index is -0.944. The van der Waals surface area contributed by atoms with Gasteiger partial charge in [0.05, 0.1) is 14.2 Å². The van der Waals surface area contributed by atoms with Crippen LogP contribution in [-0.4, -0.2) is 47.9 Å². The second-order valence-corrected chi connectivity index (χ2v) is 7.40. The van der Waals surface area contributed by atoms with E-state index in [-0.39, 0.29) is 17.7 Å². The smallest absolute Gasteiger partial charge is 0.260 e. The highest BCUT2D eigenvalue weighted by Gasteiger charge is 2.33. The predicted molar refractivity (Wildman–Crippen MR) is 109 cm³/mol. The lowest BCUT2D eigenvalue weighted by molar-refractivity contribution is 0.0637. The molecule has 1 aromatic heterocycles. The molecule has 0 aliphatic heterocycles. The predicted octanol–water partition coefficient (Wildman–Crippen LogP) is 4.21. The van der Waals surface area contributed by atoms with Crippen LogP contribution in [0.1, 0.15) is 68.2 Å². The molecule has 1 N–H and O–H groups in total. The summed E-state index contributed by atoms with van der Waals surface area (Å²) in [5.74, 6) is 1.15. The van der Waals surface area contributed by atoms with Crippen LogP contribution in [0.5, 0.6) is 11.5 Å². The van der Waals surface area contributed by atoms with Crippen molar-refractivity contribution in [1.82, 2.24) is 10.1 Å². The molecule has 29 heavy (non-hydrogen) atoms. The van der Waals surface area contributed by atoms with Crippen molar-refractivity contribution in [2.75, 3.05) is 20.8 Å². The van der Waals surface area contributed by atoms with Crippen molar-refractivity contribution < 1.29 is 23.9 Å². The van der Waals surface area contributed by atoms with Crippen LogP contribution in [-0.2, 0) is 0 Å². The zero-order chi connectivity index (χ0) is 21.0. The van der Waals surface area contributed by atoms with E-state index in [0.717, 1.165) is 25.7 Å². The average molecular weight is 402 g/mol. The summed E-state index contributed by atoms with van der Waals surface area (Å²) in [7, 11) is 3.12. The van der Waals surface area contributed by atoms with Crippen molar-refractivity contribution >= 4 is 5.91 Å². The first kappa shape index (κ1) is 21.2. The third-order valence-corrected chi connectivity index (χ3v) is 5.59. The topological polar surface area (TPSA) is 85.0 Å². The van der Waals surface area contributed by atoms with E-state index in [1.807, 2.05) is 11.8 Å². The summed E-state index contributed by atoms with van der Waals surface area (Å²) < 4.78 is 16.1. The lowest BCUT2D eigenvalue weighted by atomic mass is 9.93. The number of aliphatic hydroxyl groups excluding tert-OH is 1. The summed E-state index contributed by atoms with van der Waals surface area (Å²) in [5.41, 5.74) is 1.39. The van der Waals surface area contributed by atoms with Gasteiger partial charge in [0, 0.05) is 18.2 Å². The number of hydrogen-bond donors (Lipinski definition) is 1. The lowest BCUT2D eigenvalue weighted by Crippen LogP contribution is -2.41. The van der Waals surface area contributed by atoms with Crippen molar-refractivity contribution in [2.45, 2.75) is 58.1 Å². The molecule has 1 aliphatic carbocycles. The third-order valence-electron chi connectivity index (χ3n) is 5.59. The highest BCUT2D eigenvalue weighted by molar-refractivity contribution is 6.01. The quantitative estimate of drug-likeness (QED) is 0.747. The van der Waals surface area contributed by atoms with Gasteiger partial charge in [-0.15, -0.1) is 0 Å². The molecule has 1 heterocycles. The molecule has 0 saturated heterocycles. The fraction of sp³-hybridized carbons (Fsp3) is 0.545. The molecule has 1 aromatic carbocycles. The second kappa shape index (κ2) is 9.31. The van der Waals surface area contributed by atoms with Crippen LogP contribution in [0.3, 0.4) is 0 Å². The fourth-order valence-electron chi connectivity index (χ4n) is 4.08. The van der Waals surface area contributed by atoms with Gasteiger partial charge in [0.15, 0.2) is 17.3 Å². The van der Waals surface area contributed by atoms with Crippen molar-refractivity contribution in [3.8, 4) is 22.8 Å². The van der Waals surface area contributed by atoms with Crippen LogP contribution < -0.4 is 9.47 Å². The molecular weight excluding hydrogens is 372 g/mol. The van der Waals surface area contributed by atoms with Gasteiger partial charge in [0.1, 0.15) is 17.4 Å². The second-order valence-electron chi connectivity index (χ2n) is 7.40. The maximum absolute atomic E-state index is 13.6. The number of ether oxygens (including phenoxy) is 2. The Balaban J connectivity index is 2.05. The van der Waals surface area contributed by atoms with Gasteiger partial charge in [-0.3, -0.25) is 4.79 Å². The Morgan fingerprint density at radius 1 is 1.24 bits per heavy atom. The number of carbonyl (C=O) groups is 1. The molecule has 1 unspecified atom stereocenters. The molecule has 0 bridgehead atoms. The molecule has 1 fully saturated rings. The minimum Gasteiger partial charge on any atom is -0.493 e. The van der Waals surface area contributed by atoms with Gasteiger partial charge in [0.2, 0.25) is 0 Å². The monoisotopic (exact) mass is 402 g/mol. The Labute approximate surface area is 171 Å². The van der Waals surface area contributed by atoms with E-state index in [1.165, 1.54) is 6.42 Å². The molecule has 1 saturated carbocycles. The zero-order valence-corrected chi connectivity index (χ0v) is 17.6. The summed E-state index contributed by atoms with van der Waals surface area (Å²) in [6.07, 6.45) is 4.53. The number of aromatic nitrogens is 1. The van der Waals surface area contributed by atoms with E-state index in [4.69, 9.17) is 14.0 Å². The molecule has 158 valence electrons. The van der Waals surface area contributed by atoms with E-state index in [2.05, 4.69) is 5.16 Å².